The van der Waals surface area contributed by atoms with Crippen molar-refractivity contribution in [3.8, 4) is 0 Å². The van der Waals surface area contributed by atoms with Crippen LogP contribution in [0.25, 0.3) is 0 Å². The molecule has 0 amide bonds. The zero-order valence-corrected chi connectivity index (χ0v) is 10.5. The minimum atomic E-state index is -3.13. The molecule has 0 unspecified atom stereocenters. The van der Waals surface area contributed by atoms with Crippen LogP contribution in [-0.4, -0.2) is 25.7 Å². The molecule has 1 N–H and O–H groups in total. The minimum absolute atomic E-state index is 0.189. The van der Waals surface area contributed by atoms with E-state index in [9.17, 15) is 8.42 Å². The summed E-state index contributed by atoms with van der Waals surface area (Å²) >= 11 is 0. The van der Waals surface area contributed by atoms with Gasteiger partial charge in [0.25, 0.3) is 0 Å². The van der Waals surface area contributed by atoms with Gasteiger partial charge in [0.1, 0.15) is 5.76 Å². The predicted octanol–water partition coefficient (Wildman–Crippen LogP) is 1.25. The molecule has 0 atom stereocenters. The number of hydrogen-bond acceptors (Lipinski definition) is 4. The number of sulfonamides is 1. The molecule has 0 saturated carbocycles. The second-order valence-corrected chi connectivity index (χ2v) is 5.61. The molecule has 1 aromatic rings. The van der Waals surface area contributed by atoms with Crippen molar-refractivity contribution in [2.75, 3.05) is 12.3 Å². The Morgan fingerprint density at radius 3 is 2.81 bits per heavy atom. The molecule has 0 aromatic carbocycles. The van der Waals surface area contributed by atoms with E-state index in [0.29, 0.717) is 25.3 Å². The molecule has 0 spiro atoms. The lowest BCUT2D eigenvalue weighted by Crippen LogP contribution is -2.28. The van der Waals surface area contributed by atoms with Crippen LogP contribution >= 0.6 is 0 Å². The second-order valence-electron chi connectivity index (χ2n) is 3.68. The lowest BCUT2D eigenvalue weighted by molar-refractivity contribution is 0.469. The van der Waals surface area contributed by atoms with Gasteiger partial charge in [-0.3, -0.25) is 0 Å². The first-order valence-corrected chi connectivity index (χ1v) is 7.07. The maximum Gasteiger partial charge on any atom is 0.211 e. The average Bonchev–Trinajstić information content (AvgIpc) is 2.61. The zero-order valence-electron chi connectivity index (χ0n) is 9.69. The highest BCUT2D eigenvalue weighted by atomic mass is 32.2. The minimum Gasteiger partial charge on any atom is -0.446 e. The molecule has 0 aliphatic heterocycles. The van der Waals surface area contributed by atoms with Crippen LogP contribution in [-0.2, 0) is 16.4 Å². The van der Waals surface area contributed by atoms with Gasteiger partial charge in [-0.2, -0.15) is 0 Å². The third kappa shape index (κ3) is 4.76. The van der Waals surface area contributed by atoms with E-state index in [1.165, 1.54) is 0 Å². The molecule has 0 saturated heterocycles. The van der Waals surface area contributed by atoms with Gasteiger partial charge in [0.2, 0.25) is 10.0 Å². The summed E-state index contributed by atoms with van der Waals surface area (Å²) in [6, 6.07) is 0. The Morgan fingerprint density at radius 1 is 1.50 bits per heavy atom. The fourth-order valence-corrected chi connectivity index (χ4v) is 2.46. The van der Waals surface area contributed by atoms with Crippen molar-refractivity contribution in [2.24, 2.45) is 0 Å². The van der Waals surface area contributed by atoms with Crippen LogP contribution in [0.2, 0.25) is 0 Å². The Labute approximate surface area is 96.3 Å². The topological polar surface area (TPSA) is 72.2 Å². The Hall–Kier alpha value is -0.880. The average molecular weight is 246 g/mol. The van der Waals surface area contributed by atoms with E-state index in [4.69, 9.17) is 4.42 Å². The van der Waals surface area contributed by atoms with Crippen molar-refractivity contribution in [2.45, 2.75) is 33.1 Å². The summed E-state index contributed by atoms with van der Waals surface area (Å²) in [5.74, 6) is 1.49. The normalized spacial score (nSPS) is 11.9. The largest absolute Gasteiger partial charge is 0.446 e. The van der Waals surface area contributed by atoms with Crippen molar-refractivity contribution >= 4 is 10.0 Å². The Morgan fingerprint density at radius 2 is 2.25 bits per heavy atom. The van der Waals surface area contributed by atoms with E-state index >= 15 is 0 Å². The van der Waals surface area contributed by atoms with Crippen LogP contribution < -0.4 is 4.72 Å². The summed E-state index contributed by atoms with van der Waals surface area (Å²) in [7, 11) is -3.13. The van der Waals surface area contributed by atoms with Gasteiger partial charge in [-0.25, -0.2) is 18.1 Å². The highest BCUT2D eigenvalue weighted by Gasteiger charge is 2.09. The molecule has 6 heteroatoms. The maximum atomic E-state index is 11.4. The van der Waals surface area contributed by atoms with Gasteiger partial charge in [0, 0.05) is 13.0 Å². The molecule has 16 heavy (non-hydrogen) atoms. The Kier molecular flexibility index (Phi) is 4.95. The molecule has 0 aliphatic rings. The first-order chi connectivity index (χ1) is 7.53. The first kappa shape index (κ1) is 13.2. The van der Waals surface area contributed by atoms with Gasteiger partial charge in [-0.05, 0) is 13.3 Å². The maximum absolute atomic E-state index is 11.4. The van der Waals surface area contributed by atoms with Crippen LogP contribution in [0.4, 0.5) is 0 Å². The molecule has 92 valence electrons. The van der Waals surface area contributed by atoms with Gasteiger partial charge in [-0.15, -0.1) is 0 Å². The molecular weight excluding hydrogens is 228 g/mol. The van der Waals surface area contributed by atoms with E-state index in [-0.39, 0.29) is 5.75 Å². The number of nitrogens with zero attached hydrogens (tertiary/aromatic N) is 1. The fourth-order valence-electron chi connectivity index (χ4n) is 1.24. The summed E-state index contributed by atoms with van der Waals surface area (Å²) in [5, 5.41) is 0. The number of rotatable bonds is 7. The smallest absolute Gasteiger partial charge is 0.211 e. The van der Waals surface area contributed by atoms with Gasteiger partial charge < -0.3 is 4.42 Å². The van der Waals surface area contributed by atoms with Crippen LogP contribution in [0.1, 0.15) is 31.4 Å². The van der Waals surface area contributed by atoms with Crippen molar-refractivity contribution in [3.05, 3.63) is 17.8 Å². The van der Waals surface area contributed by atoms with Crippen molar-refractivity contribution in [1.29, 1.82) is 0 Å². The quantitative estimate of drug-likeness (QED) is 0.785. The second kappa shape index (κ2) is 6.00. The summed E-state index contributed by atoms with van der Waals surface area (Å²) < 4.78 is 30.6. The van der Waals surface area contributed by atoms with Crippen LogP contribution in [0.3, 0.4) is 0 Å². The van der Waals surface area contributed by atoms with Crippen molar-refractivity contribution < 1.29 is 12.8 Å². The molecule has 0 fully saturated rings. The molecule has 0 aliphatic carbocycles. The number of unbranched alkanes of at least 4 members (excludes halogenated alkanes) is 1. The van der Waals surface area contributed by atoms with Crippen molar-refractivity contribution in [3.63, 3.8) is 0 Å². The molecular formula is C10H18N2O3S. The van der Waals surface area contributed by atoms with E-state index in [2.05, 4.69) is 9.71 Å². The van der Waals surface area contributed by atoms with E-state index < -0.39 is 10.0 Å². The molecule has 0 radical (unpaired) electrons. The molecule has 1 rings (SSSR count). The summed E-state index contributed by atoms with van der Waals surface area (Å²) in [6.45, 7) is 4.11. The number of aryl methyl sites for hydroxylation is 1. The monoisotopic (exact) mass is 246 g/mol. The van der Waals surface area contributed by atoms with E-state index in [0.717, 1.165) is 12.2 Å². The fraction of sp³-hybridized carbons (Fsp3) is 0.700. The first-order valence-electron chi connectivity index (χ1n) is 5.42. The Bertz CT molecular complexity index is 411. The van der Waals surface area contributed by atoms with Crippen LogP contribution in [0, 0.1) is 6.92 Å². The highest BCUT2D eigenvalue weighted by Crippen LogP contribution is 2.01. The van der Waals surface area contributed by atoms with Crippen LogP contribution in [0.5, 0.6) is 0 Å². The lowest BCUT2D eigenvalue weighted by Gasteiger charge is -2.04. The number of oxazole rings is 1. The number of nitrogens with one attached hydrogen (secondary N) is 1. The van der Waals surface area contributed by atoms with E-state index in [1.807, 2.05) is 13.8 Å². The highest BCUT2D eigenvalue weighted by molar-refractivity contribution is 7.89. The third-order valence-electron chi connectivity index (χ3n) is 2.10. The van der Waals surface area contributed by atoms with Gasteiger partial charge >= 0.3 is 0 Å². The third-order valence-corrected chi connectivity index (χ3v) is 3.57. The number of hydrogen-bond donors (Lipinski definition) is 1. The Balaban J connectivity index is 2.29. The summed E-state index contributed by atoms with van der Waals surface area (Å²) in [5.41, 5.74) is 0. The van der Waals surface area contributed by atoms with Gasteiger partial charge in [0.05, 0.1) is 11.9 Å². The van der Waals surface area contributed by atoms with E-state index in [1.54, 1.807) is 6.20 Å². The SMILES string of the molecule is CCCCS(=O)(=O)NCCc1ncc(C)o1. The summed E-state index contributed by atoms with van der Waals surface area (Å²) in [6.07, 6.45) is 3.67. The standard InChI is InChI=1S/C10H18N2O3S/c1-3-4-7-16(13,14)12-6-5-10-11-8-9(2)15-10/h8,12H,3-7H2,1-2H3. The summed E-state index contributed by atoms with van der Waals surface area (Å²) in [4.78, 5) is 4.00. The molecule has 1 aromatic heterocycles. The van der Waals surface area contributed by atoms with Crippen LogP contribution in [0.15, 0.2) is 10.6 Å². The molecule has 5 nitrogen and oxygen atoms in total. The predicted molar refractivity (Wildman–Crippen MR) is 61.6 cm³/mol. The number of aromatic nitrogens is 1. The van der Waals surface area contributed by atoms with Gasteiger partial charge in [0.15, 0.2) is 5.89 Å². The van der Waals surface area contributed by atoms with Crippen molar-refractivity contribution in [1.82, 2.24) is 9.71 Å². The zero-order chi connectivity index (χ0) is 12.0. The molecule has 0 bridgehead atoms. The lowest BCUT2D eigenvalue weighted by atomic mass is 10.4. The molecule has 1 heterocycles. The van der Waals surface area contributed by atoms with Gasteiger partial charge in [-0.1, -0.05) is 13.3 Å².